The third kappa shape index (κ3) is 1.04. The van der Waals surface area contributed by atoms with Crippen LogP contribution >= 0.6 is 0 Å². The molecule has 2 rings (SSSR count). The molecule has 2 fully saturated rings. The summed E-state index contributed by atoms with van der Waals surface area (Å²) >= 11 is 0. The van der Waals surface area contributed by atoms with E-state index in [0.717, 1.165) is 32.5 Å². The average Bonchev–Trinajstić information content (AvgIpc) is 1.81. The lowest BCUT2D eigenvalue weighted by Gasteiger charge is -2.58. The number of nitrogens with zero attached hydrogens (tertiary/aromatic N) is 1. The van der Waals surface area contributed by atoms with Crippen molar-refractivity contribution in [2.45, 2.75) is 19.8 Å². The smallest absolute Gasteiger partial charge is 0.306 e. The van der Waals surface area contributed by atoms with Gasteiger partial charge in [0.15, 0.2) is 0 Å². The van der Waals surface area contributed by atoms with Crippen molar-refractivity contribution in [1.82, 2.24) is 4.90 Å². The van der Waals surface area contributed by atoms with Crippen molar-refractivity contribution in [3.05, 3.63) is 0 Å². The van der Waals surface area contributed by atoms with Crippen LogP contribution in [0.3, 0.4) is 0 Å². The first-order valence-corrected chi connectivity index (χ1v) is 4.60. The summed E-state index contributed by atoms with van der Waals surface area (Å²) in [7, 11) is 0. The van der Waals surface area contributed by atoms with Gasteiger partial charge in [-0.1, -0.05) is 6.92 Å². The molecule has 0 unspecified atom stereocenters. The number of rotatable bonds is 2. The Kier molecular flexibility index (Phi) is 1.65. The number of hydrogen-bond acceptors (Lipinski definition) is 2. The first-order chi connectivity index (χ1) is 5.65. The van der Waals surface area contributed by atoms with Crippen molar-refractivity contribution < 1.29 is 9.90 Å². The van der Waals surface area contributed by atoms with Crippen LogP contribution in [0.5, 0.6) is 0 Å². The van der Waals surface area contributed by atoms with Crippen molar-refractivity contribution in [2.75, 3.05) is 19.6 Å². The van der Waals surface area contributed by atoms with Crippen molar-refractivity contribution in [3.8, 4) is 0 Å². The minimum absolute atomic E-state index is 0.0380. The predicted molar refractivity (Wildman–Crippen MR) is 44.9 cm³/mol. The van der Waals surface area contributed by atoms with Gasteiger partial charge in [-0.3, -0.25) is 4.79 Å². The molecule has 0 aromatic carbocycles. The molecule has 1 aliphatic heterocycles. The van der Waals surface area contributed by atoms with Crippen LogP contribution in [0, 0.1) is 11.3 Å². The summed E-state index contributed by atoms with van der Waals surface area (Å²) in [5.74, 6) is -0.639. The zero-order chi connectivity index (χ0) is 8.77. The summed E-state index contributed by atoms with van der Waals surface area (Å²) in [5.41, 5.74) is 0.416. The standard InChI is InChI=1S/C9H15NO2/c1-2-10-5-9(6-10)3-7(4-9)8(11)12/h7H,2-6H2,1H3,(H,11,12). The van der Waals surface area contributed by atoms with Crippen LogP contribution in [0.25, 0.3) is 0 Å². The van der Waals surface area contributed by atoms with Crippen LogP contribution in [-0.4, -0.2) is 35.6 Å². The monoisotopic (exact) mass is 169 g/mol. The Morgan fingerprint density at radius 3 is 2.58 bits per heavy atom. The van der Waals surface area contributed by atoms with Crippen molar-refractivity contribution >= 4 is 5.97 Å². The van der Waals surface area contributed by atoms with Gasteiger partial charge in [0, 0.05) is 13.1 Å². The molecule has 12 heavy (non-hydrogen) atoms. The Morgan fingerprint density at radius 2 is 2.17 bits per heavy atom. The maximum atomic E-state index is 10.5. The number of carboxylic acids is 1. The topological polar surface area (TPSA) is 40.5 Å². The third-order valence-corrected chi connectivity index (χ3v) is 3.27. The van der Waals surface area contributed by atoms with E-state index >= 15 is 0 Å². The Labute approximate surface area is 72.4 Å². The first-order valence-electron chi connectivity index (χ1n) is 4.60. The largest absolute Gasteiger partial charge is 0.481 e. The molecule has 2 aliphatic rings. The Morgan fingerprint density at radius 1 is 1.58 bits per heavy atom. The fourth-order valence-electron chi connectivity index (χ4n) is 2.54. The molecule has 0 aromatic heterocycles. The molecule has 1 aliphatic carbocycles. The Balaban J connectivity index is 1.79. The normalized spacial score (nSPS) is 28.1. The highest BCUT2D eigenvalue weighted by Crippen LogP contribution is 2.51. The van der Waals surface area contributed by atoms with Crippen LogP contribution < -0.4 is 0 Å². The van der Waals surface area contributed by atoms with Crippen LogP contribution in [0.1, 0.15) is 19.8 Å². The van der Waals surface area contributed by atoms with Crippen LogP contribution in [0.4, 0.5) is 0 Å². The Hall–Kier alpha value is -0.570. The highest BCUT2D eigenvalue weighted by atomic mass is 16.4. The van der Waals surface area contributed by atoms with Crippen molar-refractivity contribution in [1.29, 1.82) is 0 Å². The highest BCUT2D eigenvalue weighted by Gasteiger charge is 2.53. The van der Waals surface area contributed by atoms with Gasteiger partial charge in [0.05, 0.1) is 5.92 Å². The third-order valence-electron chi connectivity index (χ3n) is 3.27. The molecule has 68 valence electrons. The predicted octanol–water partition coefficient (Wildman–Crippen LogP) is 0.803. The van der Waals surface area contributed by atoms with E-state index in [1.54, 1.807) is 0 Å². The van der Waals surface area contributed by atoms with Crippen molar-refractivity contribution in [3.63, 3.8) is 0 Å². The molecule has 0 bridgehead atoms. The number of hydrogen-bond donors (Lipinski definition) is 1. The minimum Gasteiger partial charge on any atom is -0.481 e. The van der Waals surface area contributed by atoms with E-state index in [9.17, 15) is 4.79 Å². The van der Waals surface area contributed by atoms with Gasteiger partial charge in [0.1, 0.15) is 0 Å². The van der Waals surface area contributed by atoms with Gasteiger partial charge in [0.2, 0.25) is 0 Å². The maximum absolute atomic E-state index is 10.5. The van der Waals surface area contributed by atoms with Gasteiger partial charge in [-0.2, -0.15) is 0 Å². The van der Waals surface area contributed by atoms with E-state index in [-0.39, 0.29) is 5.92 Å². The van der Waals surface area contributed by atoms with Crippen LogP contribution in [-0.2, 0) is 4.79 Å². The van der Waals surface area contributed by atoms with E-state index < -0.39 is 5.97 Å². The summed E-state index contributed by atoms with van der Waals surface area (Å²) in [6.45, 7) is 5.53. The fourth-order valence-corrected chi connectivity index (χ4v) is 2.54. The molecule has 1 N–H and O–H groups in total. The molecule has 0 amide bonds. The summed E-state index contributed by atoms with van der Waals surface area (Å²) < 4.78 is 0. The molecular formula is C9H15NO2. The number of carbonyl (C=O) groups is 1. The quantitative estimate of drug-likeness (QED) is 0.664. The minimum atomic E-state index is -0.601. The van der Waals surface area contributed by atoms with E-state index in [2.05, 4.69) is 11.8 Å². The highest BCUT2D eigenvalue weighted by molar-refractivity contribution is 5.71. The molecular weight excluding hydrogens is 154 g/mol. The molecule has 3 heteroatoms. The van der Waals surface area contributed by atoms with Crippen LogP contribution in [0.2, 0.25) is 0 Å². The van der Waals surface area contributed by atoms with Gasteiger partial charge in [-0.15, -0.1) is 0 Å². The fraction of sp³-hybridized carbons (Fsp3) is 0.889. The van der Waals surface area contributed by atoms with E-state index in [4.69, 9.17) is 5.11 Å². The second-order valence-electron chi connectivity index (χ2n) is 4.25. The van der Waals surface area contributed by atoms with E-state index in [0.29, 0.717) is 5.41 Å². The SMILES string of the molecule is CCN1CC2(CC(C(=O)O)C2)C1. The zero-order valence-electron chi connectivity index (χ0n) is 7.42. The van der Waals surface area contributed by atoms with Crippen LogP contribution in [0.15, 0.2) is 0 Å². The average molecular weight is 169 g/mol. The molecule has 0 atom stereocenters. The molecule has 1 saturated carbocycles. The van der Waals surface area contributed by atoms with E-state index in [1.807, 2.05) is 0 Å². The summed E-state index contributed by atoms with van der Waals surface area (Å²) in [6.07, 6.45) is 1.83. The lowest BCUT2D eigenvalue weighted by atomic mass is 9.58. The molecule has 3 nitrogen and oxygen atoms in total. The van der Waals surface area contributed by atoms with E-state index in [1.165, 1.54) is 0 Å². The molecule has 0 aromatic rings. The number of likely N-dealkylation sites (tertiary alicyclic amines) is 1. The summed E-state index contributed by atoms with van der Waals surface area (Å²) in [5, 5.41) is 8.69. The number of aliphatic carboxylic acids is 1. The van der Waals surface area contributed by atoms with Gasteiger partial charge in [-0.25, -0.2) is 0 Å². The first kappa shape index (κ1) is 8.05. The van der Waals surface area contributed by atoms with Gasteiger partial charge in [0.25, 0.3) is 0 Å². The summed E-state index contributed by atoms with van der Waals surface area (Å²) in [6, 6.07) is 0. The second-order valence-corrected chi connectivity index (χ2v) is 4.25. The molecule has 1 spiro atoms. The van der Waals surface area contributed by atoms with Gasteiger partial charge >= 0.3 is 5.97 Å². The van der Waals surface area contributed by atoms with Gasteiger partial charge in [-0.05, 0) is 24.8 Å². The lowest BCUT2D eigenvalue weighted by molar-refractivity contribution is -0.160. The molecule has 1 heterocycles. The Bertz CT molecular complexity index is 201. The summed E-state index contributed by atoms with van der Waals surface area (Å²) in [4.78, 5) is 12.9. The second kappa shape index (κ2) is 2.46. The molecule has 1 saturated heterocycles. The lowest BCUT2D eigenvalue weighted by Crippen LogP contribution is -2.62. The zero-order valence-corrected chi connectivity index (χ0v) is 7.42. The molecule has 0 radical (unpaired) electrons. The maximum Gasteiger partial charge on any atom is 0.306 e. The number of carboxylic acid groups (broad SMARTS) is 1. The van der Waals surface area contributed by atoms with Crippen molar-refractivity contribution in [2.24, 2.45) is 11.3 Å². The van der Waals surface area contributed by atoms with Gasteiger partial charge < -0.3 is 10.0 Å².